The van der Waals surface area contributed by atoms with Gasteiger partial charge in [-0.3, -0.25) is 4.99 Å². The number of aromatic nitrogens is 1. The number of hydrogen-bond donors (Lipinski definition) is 2. The largest absolute Gasteiger partial charge is 0.444 e. The van der Waals surface area contributed by atoms with E-state index in [9.17, 15) is 0 Å². The first-order valence-electron chi connectivity index (χ1n) is 9.76. The first kappa shape index (κ1) is 25.4. The minimum atomic E-state index is 0. The van der Waals surface area contributed by atoms with Crippen LogP contribution in [-0.2, 0) is 11.2 Å². The van der Waals surface area contributed by atoms with Crippen LogP contribution in [-0.4, -0.2) is 69.8 Å². The molecule has 0 aliphatic rings. The number of hydrogen-bond acceptors (Lipinski definition) is 5. The second-order valence-electron chi connectivity index (χ2n) is 6.84. The van der Waals surface area contributed by atoms with Crippen molar-refractivity contribution < 1.29 is 9.15 Å². The number of likely N-dealkylation sites (N-methyl/N-ethyl adjacent to an activating group) is 1. The quantitative estimate of drug-likeness (QED) is 0.208. The van der Waals surface area contributed by atoms with Crippen molar-refractivity contribution in [2.24, 2.45) is 4.99 Å². The highest BCUT2D eigenvalue weighted by Gasteiger charge is 2.07. The second-order valence-corrected chi connectivity index (χ2v) is 6.84. The van der Waals surface area contributed by atoms with Crippen molar-refractivity contribution in [1.29, 1.82) is 0 Å². The fraction of sp³-hybridized carbons (Fsp3) is 0.524. The Kier molecular flexibility index (Phi) is 12.6. The first-order valence-corrected chi connectivity index (χ1v) is 9.76. The van der Waals surface area contributed by atoms with Crippen LogP contribution in [0.5, 0.6) is 0 Å². The number of nitrogens with one attached hydrogen (secondary N) is 2. The Bertz CT molecular complexity index is 718. The van der Waals surface area contributed by atoms with E-state index in [2.05, 4.69) is 51.6 Å². The number of guanidine groups is 1. The van der Waals surface area contributed by atoms with Crippen molar-refractivity contribution in [3.8, 4) is 11.5 Å². The van der Waals surface area contributed by atoms with Gasteiger partial charge in [0.05, 0.1) is 5.69 Å². The number of methoxy groups -OCH3 is 1. The topological polar surface area (TPSA) is 74.9 Å². The summed E-state index contributed by atoms with van der Waals surface area (Å²) in [6, 6.07) is 8.18. The van der Waals surface area contributed by atoms with Crippen LogP contribution in [0.3, 0.4) is 0 Å². The first-order chi connectivity index (χ1) is 13.6. The standard InChI is InChI=1S/C21H33N5O2.HI/c1-17-6-8-18(9-7-17)20-25-19(16-28-20)10-11-23-21(22-2)24-12-14-26(3)13-5-15-27-4;/h6-9,16H,5,10-15H2,1-4H3,(H2,22,23,24);1H. The van der Waals surface area contributed by atoms with E-state index in [0.29, 0.717) is 5.89 Å². The molecule has 0 radical (unpaired) electrons. The summed E-state index contributed by atoms with van der Waals surface area (Å²) < 4.78 is 10.7. The van der Waals surface area contributed by atoms with Gasteiger partial charge < -0.3 is 24.7 Å². The van der Waals surface area contributed by atoms with Gasteiger partial charge >= 0.3 is 0 Å². The molecule has 2 N–H and O–H groups in total. The van der Waals surface area contributed by atoms with Crippen LogP contribution in [0, 0.1) is 6.92 Å². The lowest BCUT2D eigenvalue weighted by Crippen LogP contribution is -2.41. The van der Waals surface area contributed by atoms with Crippen molar-refractivity contribution >= 4 is 29.9 Å². The Balaban J connectivity index is 0.00000420. The molecule has 7 nitrogen and oxygen atoms in total. The summed E-state index contributed by atoms with van der Waals surface area (Å²) >= 11 is 0. The summed E-state index contributed by atoms with van der Waals surface area (Å²) in [5.41, 5.74) is 3.15. The van der Waals surface area contributed by atoms with E-state index >= 15 is 0 Å². The molecular formula is C21H34IN5O2. The molecule has 0 fully saturated rings. The van der Waals surface area contributed by atoms with Gasteiger partial charge in [-0.1, -0.05) is 17.7 Å². The molecule has 0 amide bonds. The molecule has 2 aromatic rings. The third-order valence-corrected chi connectivity index (χ3v) is 4.42. The van der Waals surface area contributed by atoms with Gasteiger partial charge in [-0.15, -0.1) is 24.0 Å². The van der Waals surface area contributed by atoms with Gasteiger partial charge in [0.1, 0.15) is 6.26 Å². The van der Waals surface area contributed by atoms with Gasteiger partial charge in [-0.2, -0.15) is 0 Å². The normalized spacial score (nSPS) is 11.4. The van der Waals surface area contributed by atoms with E-state index in [1.165, 1.54) is 5.56 Å². The van der Waals surface area contributed by atoms with Gasteiger partial charge in [-0.25, -0.2) is 4.98 Å². The van der Waals surface area contributed by atoms with Crippen LogP contribution in [0.1, 0.15) is 17.7 Å². The van der Waals surface area contributed by atoms with Crippen LogP contribution in [0.15, 0.2) is 39.9 Å². The van der Waals surface area contributed by atoms with Gasteiger partial charge in [-0.05, 0) is 32.5 Å². The molecule has 0 aliphatic carbocycles. The number of halogens is 1. The van der Waals surface area contributed by atoms with Crippen molar-refractivity contribution in [3.63, 3.8) is 0 Å². The zero-order chi connectivity index (χ0) is 20.2. The van der Waals surface area contributed by atoms with Gasteiger partial charge in [0.25, 0.3) is 0 Å². The van der Waals surface area contributed by atoms with E-state index in [0.717, 1.165) is 62.8 Å². The Labute approximate surface area is 191 Å². The second kappa shape index (κ2) is 14.4. The Morgan fingerprint density at radius 2 is 1.90 bits per heavy atom. The van der Waals surface area contributed by atoms with Gasteiger partial charge in [0, 0.05) is 58.9 Å². The molecule has 162 valence electrons. The summed E-state index contributed by atoms with van der Waals surface area (Å²) in [4.78, 5) is 11.1. The molecule has 8 heteroatoms. The third-order valence-electron chi connectivity index (χ3n) is 4.42. The predicted molar refractivity (Wildman–Crippen MR) is 129 cm³/mol. The molecule has 1 heterocycles. The zero-order valence-corrected chi connectivity index (χ0v) is 20.2. The maximum Gasteiger partial charge on any atom is 0.226 e. The lowest BCUT2D eigenvalue weighted by molar-refractivity contribution is 0.180. The Hall–Kier alpha value is -1.65. The number of aryl methyl sites for hydroxylation is 1. The molecular weight excluding hydrogens is 481 g/mol. The number of ether oxygens (including phenoxy) is 1. The number of benzene rings is 1. The highest BCUT2D eigenvalue weighted by molar-refractivity contribution is 14.0. The summed E-state index contributed by atoms with van der Waals surface area (Å²) in [6.45, 7) is 6.42. The summed E-state index contributed by atoms with van der Waals surface area (Å²) in [7, 11) is 5.63. The SMILES string of the molecule is CN=C(NCCc1coc(-c2ccc(C)cc2)n1)NCCN(C)CCCOC.I. The van der Waals surface area contributed by atoms with Crippen molar-refractivity contribution in [2.75, 3.05) is 54.0 Å². The molecule has 2 rings (SSSR count). The van der Waals surface area contributed by atoms with Crippen LogP contribution in [0.4, 0.5) is 0 Å². The molecule has 0 saturated heterocycles. The molecule has 1 aromatic heterocycles. The van der Waals surface area contributed by atoms with Gasteiger partial charge in [0.2, 0.25) is 5.89 Å². The number of oxazole rings is 1. The lowest BCUT2D eigenvalue weighted by Gasteiger charge is -2.18. The van der Waals surface area contributed by atoms with Crippen LogP contribution in [0.2, 0.25) is 0 Å². The number of aliphatic imine (C=N–C) groups is 1. The fourth-order valence-electron chi connectivity index (χ4n) is 2.74. The van der Waals surface area contributed by atoms with Crippen molar-refractivity contribution in [2.45, 2.75) is 19.8 Å². The average molecular weight is 515 g/mol. The molecule has 0 bridgehead atoms. The summed E-state index contributed by atoms with van der Waals surface area (Å²) in [6.07, 6.45) is 3.54. The highest BCUT2D eigenvalue weighted by Crippen LogP contribution is 2.19. The molecule has 0 atom stereocenters. The van der Waals surface area contributed by atoms with Crippen LogP contribution < -0.4 is 10.6 Å². The monoisotopic (exact) mass is 515 g/mol. The number of nitrogens with zero attached hydrogens (tertiary/aromatic N) is 3. The predicted octanol–water partition coefficient (Wildman–Crippen LogP) is 2.94. The molecule has 1 aromatic carbocycles. The highest BCUT2D eigenvalue weighted by atomic mass is 127. The summed E-state index contributed by atoms with van der Waals surface area (Å²) in [5.74, 6) is 1.46. The fourth-order valence-corrected chi connectivity index (χ4v) is 2.74. The van der Waals surface area contributed by atoms with Crippen molar-refractivity contribution in [1.82, 2.24) is 20.5 Å². The van der Waals surface area contributed by atoms with E-state index in [4.69, 9.17) is 9.15 Å². The minimum Gasteiger partial charge on any atom is -0.444 e. The molecule has 0 spiro atoms. The minimum absolute atomic E-state index is 0. The maximum atomic E-state index is 5.61. The summed E-state index contributed by atoms with van der Waals surface area (Å²) in [5, 5.41) is 6.65. The van der Waals surface area contributed by atoms with E-state index in [1.807, 2.05) is 12.1 Å². The van der Waals surface area contributed by atoms with E-state index in [1.54, 1.807) is 20.4 Å². The number of rotatable bonds is 11. The van der Waals surface area contributed by atoms with Crippen molar-refractivity contribution in [3.05, 3.63) is 41.8 Å². The smallest absolute Gasteiger partial charge is 0.226 e. The lowest BCUT2D eigenvalue weighted by atomic mass is 10.1. The third kappa shape index (κ3) is 9.60. The van der Waals surface area contributed by atoms with E-state index < -0.39 is 0 Å². The van der Waals surface area contributed by atoms with Crippen LogP contribution in [0.25, 0.3) is 11.5 Å². The van der Waals surface area contributed by atoms with Crippen LogP contribution >= 0.6 is 24.0 Å². The average Bonchev–Trinajstić information content (AvgIpc) is 3.16. The van der Waals surface area contributed by atoms with Gasteiger partial charge in [0.15, 0.2) is 5.96 Å². The molecule has 0 saturated carbocycles. The molecule has 29 heavy (non-hydrogen) atoms. The molecule has 0 aliphatic heterocycles. The Morgan fingerprint density at radius 3 is 2.59 bits per heavy atom. The zero-order valence-electron chi connectivity index (χ0n) is 17.9. The maximum absolute atomic E-state index is 5.61. The van der Waals surface area contributed by atoms with E-state index in [-0.39, 0.29) is 24.0 Å². The Morgan fingerprint density at radius 1 is 1.17 bits per heavy atom. The molecule has 0 unspecified atom stereocenters.